The first-order valence-corrected chi connectivity index (χ1v) is 8.70. The number of carbonyl (C=O) groups is 1. The smallest absolute Gasteiger partial charge is 0.237 e. The fraction of sp³-hybridized carbons (Fsp3) is 0.632. The summed E-state index contributed by atoms with van der Waals surface area (Å²) in [6.07, 6.45) is 0.0564. The maximum Gasteiger partial charge on any atom is 0.237 e. The maximum absolute atomic E-state index is 12.2. The second kappa shape index (κ2) is 7.99. The number of aliphatic hydroxyl groups is 1. The third-order valence-electron chi connectivity index (χ3n) is 4.35. The number of rotatable bonds is 7. The summed E-state index contributed by atoms with van der Waals surface area (Å²) in [5.74, 6) is 1.33. The SMILES string of the molecule is CC(C)COc1ccc(C(C)(C)CNC(=O)C2CC(O)CN2)cc1. The van der Waals surface area contributed by atoms with E-state index in [1.165, 1.54) is 0 Å². The van der Waals surface area contributed by atoms with Gasteiger partial charge in [-0.3, -0.25) is 4.79 Å². The second-order valence-electron chi connectivity index (χ2n) is 7.68. The fourth-order valence-corrected chi connectivity index (χ4v) is 2.72. The van der Waals surface area contributed by atoms with Crippen LogP contribution in [0.4, 0.5) is 0 Å². The van der Waals surface area contributed by atoms with Crippen LogP contribution in [0, 0.1) is 5.92 Å². The number of benzene rings is 1. The molecule has 2 rings (SSSR count). The molecule has 0 aliphatic carbocycles. The zero-order chi connectivity index (χ0) is 17.7. The molecule has 134 valence electrons. The van der Waals surface area contributed by atoms with Crippen molar-refractivity contribution in [1.82, 2.24) is 10.6 Å². The third-order valence-corrected chi connectivity index (χ3v) is 4.35. The second-order valence-corrected chi connectivity index (χ2v) is 7.68. The topological polar surface area (TPSA) is 70.6 Å². The van der Waals surface area contributed by atoms with Crippen LogP contribution in [0.15, 0.2) is 24.3 Å². The van der Waals surface area contributed by atoms with E-state index in [1.807, 2.05) is 12.1 Å². The Morgan fingerprint density at radius 1 is 1.38 bits per heavy atom. The van der Waals surface area contributed by atoms with Gasteiger partial charge in [0.1, 0.15) is 5.75 Å². The summed E-state index contributed by atoms with van der Waals surface area (Å²) >= 11 is 0. The molecule has 1 amide bonds. The summed E-state index contributed by atoms with van der Waals surface area (Å²) in [6, 6.07) is 7.79. The van der Waals surface area contributed by atoms with E-state index in [2.05, 4.69) is 50.5 Å². The van der Waals surface area contributed by atoms with Gasteiger partial charge >= 0.3 is 0 Å². The van der Waals surface area contributed by atoms with Crippen molar-refractivity contribution in [3.05, 3.63) is 29.8 Å². The Labute approximate surface area is 144 Å². The monoisotopic (exact) mass is 334 g/mol. The van der Waals surface area contributed by atoms with Gasteiger partial charge in [0.25, 0.3) is 0 Å². The average Bonchev–Trinajstić information content (AvgIpc) is 2.97. The highest BCUT2D eigenvalue weighted by molar-refractivity contribution is 5.82. The van der Waals surface area contributed by atoms with Gasteiger partial charge in [-0.15, -0.1) is 0 Å². The maximum atomic E-state index is 12.2. The van der Waals surface area contributed by atoms with Crippen LogP contribution in [0.25, 0.3) is 0 Å². The highest BCUT2D eigenvalue weighted by Crippen LogP contribution is 2.25. The van der Waals surface area contributed by atoms with E-state index in [0.29, 0.717) is 32.0 Å². The molecule has 0 radical (unpaired) electrons. The van der Waals surface area contributed by atoms with Crippen LogP contribution in [-0.2, 0) is 10.2 Å². The molecule has 2 unspecified atom stereocenters. The van der Waals surface area contributed by atoms with Crippen molar-refractivity contribution >= 4 is 5.91 Å². The lowest BCUT2D eigenvalue weighted by molar-refractivity contribution is -0.123. The van der Waals surface area contributed by atoms with Crippen LogP contribution < -0.4 is 15.4 Å². The Kier molecular flexibility index (Phi) is 6.24. The lowest BCUT2D eigenvalue weighted by Crippen LogP contribution is -2.45. The Morgan fingerprint density at radius 3 is 2.58 bits per heavy atom. The highest BCUT2D eigenvalue weighted by Gasteiger charge is 2.29. The zero-order valence-electron chi connectivity index (χ0n) is 15.1. The molecule has 5 heteroatoms. The molecule has 0 bridgehead atoms. The zero-order valence-corrected chi connectivity index (χ0v) is 15.1. The molecule has 1 aromatic rings. The minimum atomic E-state index is -0.424. The molecule has 3 N–H and O–H groups in total. The van der Waals surface area contributed by atoms with Crippen molar-refractivity contribution in [2.24, 2.45) is 5.92 Å². The largest absolute Gasteiger partial charge is 0.493 e. The predicted molar refractivity (Wildman–Crippen MR) is 95.2 cm³/mol. The molecular formula is C19H30N2O3. The number of β-amino-alcohol motifs (C(OH)–C–C–N with tert-alkyl or cyclic N) is 1. The summed E-state index contributed by atoms with van der Waals surface area (Å²) in [5.41, 5.74) is 0.975. The van der Waals surface area contributed by atoms with Gasteiger partial charge in [0.15, 0.2) is 0 Å². The van der Waals surface area contributed by atoms with E-state index < -0.39 is 6.10 Å². The van der Waals surface area contributed by atoms with Crippen LogP contribution in [-0.4, -0.2) is 42.9 Å². The molecule has 0 aromatic heterocycles. The van der Waals surface area contributed by atoms with Crippen LogP contribution in [0.5, 0.6) is 5.75 Å². The first-order chi connectivity index (χ1) is 11.3. The Hall–Kier alpha value is -1.59. The molecule has 5 nitrogen and oxygen atoms in total. The molecule has 1 aliphatic rings. The normalized spacial score (nSPS) is 21.1. The number of carbonyl (C=O) groups excluding carboxylic acids is 1. The molecule has 1 aromatic carbocycles. The average molecular weight is 334 g/mol. The summed E-state index contributed by atoms with van der Waals surface area (Å²) in [4.78, 5) is 12.2. The van der Waals surface area contributed by atoms with Crippen LogP contribution in [0.3, 0.4) is 0 Å². The first-order valence-electron chi connectivity index (χ1n) is 8.70. The molecule has 1 heterocycles. The van der Waals surface area contributed by atoms with Gasteiger partial charge in [-0.2, -0.15) is 0 Å². The summed E-state index contributed by atoms with van der Waals surface area (Å²) in [6.45, 7) is 10.2. The van der Waals surface area contributed by atoms with Crippen molar-refractivity contribution in [1.29, 1.82) is 0 Å². The van der Waals surface area contributed by atoms with Crippen molar-refractivity contribution in [3.8, 4) is 5.75 Å². The van der Waals surface area contributed by atoms with Crippen molar-refractivity contribution in [2.75, 3.05) is 19.7 Å². The lowest BCUT2D eigenvalue weighted by Gasteiger charge is -2.26. The third kappa shape index (κ3) is 5.21. The molecule has 1 fully saturated rings. The van der Waals surface area contributed by atoms with Crippen LogP contribution in [0.1, 0.15) is 39.7 Å². The molecule has 24 heavy (non-hydrogen) atoms. The van der Waals surface area contributed by atoms with Crippen LogP contribution >= 0.6 is 0 Å². The molecule has 1 aliphatic heterocycles. The van der Waals surface area contributed by atoms with Crippen molar-refractivity contribution in [2.45, 2.75) is 51.7 Å². The Bertz CT molecular complexity index is 540. The molecule has 2 atom stereocenters. The van der Waals surface area contributed by atoms with Crippen molar-refractivity contribution < 1.29 is 14.6 Å². The fourth-order valence-electron chi connectivity index (χ4n) is 2.72. The van der Waals surface area contributed by atoms with Gasteiger partial charge in [0.2, 0.25) is 5.91 Å². The van der Waals surface area contributed by atoms with Gasteiger partial charge < -0.3 is 20.5 Å². The van der Waals surface area contributed by atoms with Crippen LogP contribution in [0.2, 0.25) is 0 Å². The minimum Gasteiger partial charge on any atom is -0.493 e. The number of hydrogen-bond donors (Lipinski definition) is 3. The van der Waals surface area contributed by atoms with Gasteiger partial charge in [0.05, 0.1) is 18.8 Å². The highest BCUT2D eigenvalue weighted by atomic mass is 16.5. The number of hydrogen-bond acceptors (Lipinski definition) is 4. The van der Waals surface area contributed by atoms with E-state index in [9.17, 15) is 9.90 Å². The Morgan fingerprint density at radius 2 is 2.04 bits per heavy atom. The summed E-state index contributed by atoms with van der Waals surface area (Å²) in [5, 5.41) is 15.5. The lowest BCUT2D eigenvalue weighted by atomic mass is 9.84. The van der Waals surface area contributed by atoms with Gasteiger partial charge in [-0.25, -0.2) is 0 Å². The standard InChI is InChI=1S/C19H30N2O3/c1-13(2)11-24-16-7-5-14(6-8-16)19(3,4)12-21-18(23)17-9-15(22)10-20-17/h5-8,13,15,17,20,22H,9-12H2,1-4H3,(H,21,23). The summed E-state index contributed by atoms with van der Waals surface area (Å²) < 4.78 is 5.71. The molecular weight excluding hydrogens is 304 g/mol. The van der Waals surface area contributed by atoms with E-state index >= 15 is 0 Å². The number of nitrogens with one attached hydrogen (secondary N) is 2. The van der Waals surface area contributed by atoms with Crippen molar-refractivity contribution in [3.63, 3.8) is 0 Å². The number of ether oxygens (including phenoxy) is 1. The number of aliphatic hydroxyl groups excluding tert-OH is 1. The quantitative estimate of drug-likeness (QED) is 0.711. The molecule has 0 spiro atoms. The van der Waals surface area contributed by atoms with Gasteiger partial charge in [-0.05, 0) is 30.0 Å². The van der Waals surface area contributed by atoms with E-state index in [0.717, 1.165) is 11.3 Å². The van der Waals surface area contributed by atoms with E-state index in [4.69, 9.17) is 4.74 Å². The van der Waals surface area contributed by atoms with Gasteiger partial charge in [-0.1, -0.05) is 39.8 Å². The Balaban J connectivity index is 1.88. The minimum absolute atomic E-state index is 0.0449. The summed E-state index contributed by atoms with van der Waals surface area (Å²) in [7, 11) is 0. The van der Waals surface area contributed by atoms with Gasteiger partial charge in [0, 0.05) is 18.5 Å². The molecule has 0 saturated carbocycles. The first kappa shape index (κ1) is 18.7. The number of amides is 1. The van der Waals surface area contributed by atoms with E-state index in [-0.39, 0.29) is 17.4 Å². The molecule has 1 saturated heterocycles. The van der Waals surface area contributed by atoms with E-state index in [1.54, 1.807) is 0 Å². The predicted octanol–water partition coefficient (Wildman–Crippen LogP) is 1.84.